The summed E-state index contributed by atoms with van der Waals surface area (Å²) in [7, 11) is 1.72. The molecule has 0 spiro atoms. The van der Waals surface area contributed by atoms with E-state index in [9.17, 15) is 9.59 Å². The van der Waals surface area contributed by atoms with Crippen molar-refractivity contribution in [2.75, 3.05) is 26.7 Å². The molecule has 116 valence electrons. The Bertz CT molecular complexity index is 498. The molecule has 2 N–H and O–H groups in total. The standard InChI is InChI=1S/C12H19N5O4/c1-16(7-9-3-2-6-21-9)12(20)13-4-5-17-8-10(11(18)19)14-15-17/h8-9H,2-7H2,1H3,(H,13,20)(H,18,19). The van der Waals surface area contributed by atoms with Crippen LogP contribution in [0, 0.1) is 0 Å². The van der Waals surface area contributed by atoms with Crippen LogP contribution in [0.5, 0.6) is 0 Å². The third kappa shape index (κ3) is 4.42. The number of likely N-dealkylation sites (N-methyl/N-ethyl adjacent to an activating group) is 1. The fraction of sp³-hybridized carbons (Fsp3) is 0.667. The van der Waals surface area contributed by atoms with Crippen LogP contribution >= 0.6 is 0 Å². The van der Waals surface area contributed by atoms with Gasteiger partial charge in [-0.15, -0.1) is 5.10 Å². The molecule has 2 amide bonds. The van der Waals surface area contributed by atoms with Gasteiger partial charge in [-0.2, -0.15) is 0 Å². The van der Waals surface area contributed by atoms with E-state index in [2.05, 4.69) is 15.6 Å². The summed E-state index contributed by atoms with van der Waals surface area (Å²) in [5.74, 6) is -1.12. The Hall–Kier alpha value is -2.16. The molecule has 0 aliphatic carbocycles. The maximum absolute atomic E-state index is 11.9. The van der Waals surface area contributed by atoms with Gasteiger partial charge in [0.15, 0.2) is 5.69 Å². The number of carbonyl (C=O) groups is 2. The molecule has 1 fully saturated rings. The van der Waals surface area contributed by atoms with Gasteiger partial charge in [-0.05, 0) is 12.8 Å². The lowest BCUT2D eigenvalue weighted by Crippen LogP contribution is -2.42. The molecule has 9 nitrogen and oxygen atoms in total. The molecule has 0 saturated carbocycles. The summed E-state index contributed by atoms with van der Waals surface area (Å²) < 4.78 is 6.85. The minimum Gasteiger partial charge on any atom is -0.476 e. The minimum absolute atomic E-state index is 0.114. The Morgan fingerprint density at radius 3 is 3.05 bits per heavy atom. The highest BCUT2D eigenvalue weighted by molar-refractivity contribution is 5.84. The highest BCUT2D eigenvalue weighted by atomic mass is 16.5. The molecule has 21 heavy (non-hydrogen) atoms. The van der Waals surface area contributed by atoms with Crippen molar-refractivity contribution < 1.29 is 19.4 Å². The number of amides is 2. The molecule has 9 heteroatoms. The second-order valence-electron chi connectivity index (χ2n) is 4.92. The van der Waals surface area contributed by atoms with Crippen molar-refractivity contribution in [3.63, 3.8) is 0 Å². The van der Waals surface area contributed by atoms with Gasteiger partial charge in [-0.25, -0.2) is 14.3 Å². The van der Waals surface area contributed by atoms with Crippen LogP contribution in [-0.2, 0) is 11.3 Å². The molecule has 1 unspecified atom stereocenters. The fourth-order valence-corrected chi connectivity index (χ4v) is 2.09. The summed E-state index contributed by atoms with van der Waals surface area (Å²) in [6, 6.07) is -0.191. The maximum atomic E-state index is 11.9. The molecule has 1 atom stereocenters. The number of aromatic nitrogens is 3. The maximum Gasteiger partial charge on any atom is 0.358 e. The summed E-state index contributed by atoms with van der Waals surface area (Å²) >= 11 is 0. The molecule has 0 aromatic carbocycles. The first-order valence-corrected chi connectivity index (χ1v) is 6.80. The zero-order valence-electron chi connectivity index (χ0n) is 11.9. The molecule has 2 heterocycles. The lowest BCUT2D eigenvalue weighted by atomic mass is 10.2. The topological polar surface area (TPSA) is 110 Å². The van der Waals surface area contributed by atoms with Gasteiger partial charge in [0.25, 0.3) is 0 Å². The van der Waals surface area contributed by atoms with Gasteiger partial charge in [-0.1, -0.05) is 5.21 Å². The lowest BCUT2D eigenvalue weighted by molar-refractivity contribution is 0.0690. The fourth-order valence-electron chi connectivity index (χ4n) is 2.09. The van der Waals surface area contributed by atoms with E-state index < -0.39 is 5.97 Å². The third-order valence-electron chi connectivity index (χ3n) is 3.22. The molecular formula is C12H19N5O4. The van der Waals surface area contributed by atoms with E-state index in [4.69, 9.17) is 9.84 Å². The average molecular weight is 297 g/mol. The van der Waals surface area contributed by atoms with Crippen molar-refractivity contribution >= 4 is 12.0 Å². The number of nitrogens with zero attached hydrogens (tertiary/aromatic N) is 4. The first-order valence-electron chi connectivity index (χ1n) is 6.80. The summed E-state index contributed by atoms with van der Waals surface area (Å²) in [5.41, 5.74) is -0.114. The van der Waals surface area contributed by atoms with Crippen molar-refractivity contribution in [2.45, 2.75) is 25.5 Å². The molecule has 1 aliphatic rings. The third-order valence-corrected chi connectivity index (χ3v) is 3.22. The molecule has 0 bridgehead atoms. The number of carboxylic acid groups (broad SMARTS) is 1. The number of carboxylic acids is 1. The van der Waals surface area contributed by atoms with E-state index >= 15 is 0 Å². The van der Waals surface area contributed by atoms with Crippen LogP contribution in [0.15, 0.2) is 6.20 Å². The van der Waals surface area contributed by atoms with Crippen LogP contribution in [0.1, 0.15) is 23.3 Å². The molecule has 2 rings (SSSR count). The smallest absolute Gasteiger partial charge is 0.358 e. The van der Waals surface area contributed by atoms with E-state index in [0.29, 0.717) is 19.6 Å². The van der Waals surface area contributed by atoms with E-state index in [-0.39, 0.29) is 17.8 Å². The number of rotatable bonds is 6. The largest absolute Gasteiger partial charge is 0.476 e. The SMILES string of the molecule is CN(CC1CCCO1)C(=O)NCCn1cc(C(=O)O)nn1. The van der Waals surface area contributed by atoms with Crippen LogP contribution in [0.25, 0.3) is 0 Å². The molecule has 1 aromatic heterocycles. The second-order valence-corrected chi connectivity index (χ2v) is 4.92. The predicted octanol–water partition coefficient (Wildman–Crippen LogP) is -0.203. The van der Waals surface area contributed by atoms with Crippen LogP contribution in [-0.4, -0.2) is 69.8 Å². The van der Waals surface area contributed by atoms with Crippen molar-refractivity contribution in [1.82, 2.24) is 25.2 Å². The van der Waals surface area contributed by atoms with Gasteiger partial charge < -0.3 is 20.1 Å². The van der Waals surface area contributed by atoms with Crippen LogP contribution < -0.4 is 5.32 Å². The Morgan fingerprint density at radius 1 is 1.62 bits per heavy atom. The van der Waals surface area contributed by atoms with Gasteiger partial charge in [0.1, 0.15) is 0 Å². The first kappa shape index (κ1) is 15.2. The summed E-state index contributed by atoms with van der Waals surface area (Å²) in [4.78, 5) is 24.1. The highest BCUT2D eigenvalue weighted by Crippen LogP contribution is 2.12. The number of urea groups is 1. The molecule has 1 saturated heterocycles. The number of carbonyl (C=O) groups excluding carboxylic acids is 1. The minimum atomic E-state index is -1.12. The lowest BCUT2D eigenvalue weighted by Gasteiger charge is -2.21. The Labute approximate surface area is 121 Å². The monoisotopic (exact) mass is 297 g/mol. The molecule has 1 aromatic rings. The number of hydrogen-bond donors (Lipinski definition) is 2. The number of nitrogens with one attached hydrogen (secondary N) is 1. The van der Waals surface area contributed by atoms with Gasteiger partial charge >= 0.3 is 12.0 Å². The van der Waals surface area contributed by atoms with Gasteiger partial charge in [0.05, 0.1) is 18.8 Å². The Kier molecular flexibility index (Phi) is 5.09. The van der Waals surface area contributed by atoms with E-state index in [0.717, 1.165) is 19.4 Å². The highest BCUT2D eigenvalue weighted by Gasteiger charge is 2.19. The second kappa shape index (κ2) is 7.02. The van der Waals surface area contributed by atoms with E-state index in [1.54, 1.807) is 11.9 Å². The summed E-state index contributed by atoms with van der Waals surface area (Å²) in [6.45, 7) is 2.04. The van der Waals surface area contributed by atoms with Crippen LogP contribution in [0.3, 0.4) is 0 Å². The van der Waals surface area contributed by atoms with Crippen molar-refractivity contribution in [3.05, 3.63) is 11.9 Å². The van der Waals surface area contributed by atoms with E-state index in [1.165, 1.54) is 10.9 Å². The number of hydrogen-bond acceptors (Lipinski definition) is 5. The first-order chi connectivity index (χ1) is 10.1. The van der Waals surface area contributed by atoms with Crippen LogP contribution in [0.4, 0.5) is 4.79 Å². The zero-order chi connectivity index (χ0) is 15.2. The predicted molar refractivity (Wildman–Crippen MR) is 72.0 cm³/mol. The van der Waals surface area contributed by atoms with Gasteiger partial charge in [0, 0.05) is 26.7 Å². The Balaban J connectivity index is 1.69. The van der Waals surface area contributed by atoms with E-state index in [1.807, 2.05) is 0 Å². The molecule has 1 aliphatic heterocycles. The van der Waals surface area contributed by atoms with Gasteiger partial charge in [0.2, 0.25) is 0 Å². The Morgan fingerprint density at radius 2 is 2.43 bits per heavy atom. The normalized spacial score (nSPS) is 17.7. The zero-order valence-corrected chi connectivity index (χ0v) is 11.9. The van der Waals surface area contributed by atoms with Gasteiger partial charge in [-0.3, -0.25) is 0 Å². The average Bonchev–Trinajstić information content (AvgIpc) is 3.09. The quantitative estimate of drug-likeness (QED) is 0.752. The summed E-state index contributed by atoms with van der Waals surface area (Å²) in [5, 5.41) is 18.6. The molecule has 0 radical (unpaired) electrons. The number of aromatic carboxylic acids is 1. The van der Waals surface area contributed by atoms with Crippen molar-refractivity contribution in [2.24, 2.45) is 0 Å². The molecular weight excluding hydrogens is 278 g/mol. The number of ether oxygens (including phenoxy) is 1. The van der Waals surface area contributed by atoms with Crippen molar-refractivity contribution in [3.8, 4) is 0 Å². The summed E-state index contributed by atoms with van der Waals surface area (Å²) in [6.07, 6.45) is 3.46. The van der Waals surface area contributed by atoms with Crippen molar-refractivity contribution in [1.29, 1.82) is 0 Å². The van der Waals surface area contributed by atoms with Crippen LogP contribution in [0.2, 0.25) is 0 Å².